The summed E-state index contributed by atoms with van der Waals surface area (Å²) in [5, 5.41) is -0.463. The first kappa shape index (κ1) is 13.2. The highest BCUT2D eigenvalue weighted by atomic mass is 35.5. The molecule has 0 aliphatic carbocycles. The van der Waals surface area contributed by atoms with E-state index in [1.54, 1.807) is 13.0 Å². The maximum absolute atomic E-state index is 10.9. The van der Waals surface area contributed by atoms with Crippen LogP contribution in [0, 0.1) is 0 Å². The van der Waals surface area contributed by atoms with E-state index in [1.807, 2.05) is 0 Å². The zero-order valence-electron chi connectivity index (χ0n) is 8.29. The maximum Gasteiger partial charge on any atom is 0.305 e. The molecule has 0 rings (SSSR count). The minimum atomic E-state index is -0.463. The van der Waals surface area contributed by atoms with E-state index in [0.717, 1.165) is 19.3 Å². The van der Waals surface area contributed by atoms with Crippen molar-refractivity contribution in [2.24, 2.45) is 0 Å². The summed E-state index contributed by atoms with van der Waals surface area (Å²) in [4.78, 5) is 21.1. The van der Waals surface area contributed by atoms with Crippen LogP contribution in [-0.2, 0) is 14.3 Å². The molecule has 0 aromatic heterocycles. The van der Waals surface area contributed by atoms with Crippen LogP contribution in [0.4, 0.5) is 0 Å². The molecule has 0 fully saturated rings. The van der Waals surface area contributed by atoms with E-state index in [0.29, 0.717) is 13.0 Å². The highest BCUT2D eigenvalue weighted by Gasteiger charge is 1.99. The molecular formula is C10H15ClO3. The number of hydrogen-bond acceptors (Lipinski definition) is 3. The predicted octanol–water partition coefficient (Wildman–Crippen LogP) is 2.43. The molecule has 0 heterocycles. The molecule has 0 N–H and O–H groups in total. The standard InChI is InChI=1S/C10H15ClO3/c1-2-14-10(13)8-6-4-3-5-7-9(11)12/h5,7H,2-4,6,8H2,1H3/b7-5+. The third-order valence-corrected chi connectivity index (χ3v) is 1.68. The summed E-state index contributed by atoms with van der Waals surface area (Å²) in [7, 11) is 0. The lowest BCUT2D eigenvalue weighted by atomic mass is 10.2. The Morgan fingerprint density at radius 2 is 2.07 bits per heavy atom. The number of hydrogen-bond donors (Lipinski definition) is 0. The Labute approximate surface area is 89.1 Å². The van der Waals surface area contributed by atoms with Crippen LogP contribution in [0.1, 0.15) is 32.6 Å². The highest BCUT2D eigenvalue weighted by Crippen LogP contribution is 2.02. The number of rotatable bonds is 7. The lowest BCUT2D eigenvalue weighted by molar-refractivity contribution is -0.143. The van der Waals surface area contributed by atoms with Gasteiger partial charge in [0.2, 0.25) is 5.24 Å². The fourth-order valence-corrected chi connectivity index (χ4v) is 1.03. The Bertz CT molecular complexity index is 211. The molecule has 0 bridgehead atoms. The van der Waals surface area contributed by atoms with Crippen molar-refractivity contribution >= 4 is 22.8 Å². The fraction of sp³-hybridized carbons (Fsp3) is 0.600. The first-order chi connectivity index (χ1) is 6.66. The van der Waals surface area contributed by atoms with E-state index in [-0.39, 0.29) is 5.97 Å². The van der Waals surface area contributed by atoms with Gasteiger partial charge in [-0.15, -0.1) is 0 Å². The van der Waals surface area contributed by atoms with Gasteiger partial charge in [-0.1, -0.05) is 6.08 Å². The summed E-state index contributed by atoms with van der Waals surface area (Å²) in [5.74, 6) is -0.162. The van der Waals surface area contributed by atoms with E-state index in [2.05, 4.69) is 0 Å². The number of allylic oxidation sites excluding steroid dienone is 2. The molecule has 0 saturated carbocycles. The molecule has 80 valence electrons. The largest absolute Gasteiger partial charge is 0.466 e. The molecule has 3 nitrogen and oxygen atoms in total. The average molecular weight is 219 g/mol. The zero-order valence-corrected chi connectivity index (χ0v) is 9.05. The first-order valence-electron chi connectivity index (χ1n) is 4.68. The van der Waals surface area contributed by atoms with E-state index in [9.17, 15) is 9.59 Å². The summed E-state index contributed by atoms with van der Waals surface area (Å²) < 4.78 is 4.75. The van der Waals surface area contributed by atoms with Crippen molar-refractivity contribution in [2.45, 2.75) is 32.6 Å². The third-order valence-electron chi connectivity index (χ3n) is 1.56. The number of unbranched alkanes of at least 4 members (excludes halogenated alkanes) is 2. The summed E-state index contributed by atoms with van der Waals surface area (Å²) in [5.41, 5.74) is 0. The third kappa shape index (κ3) is 9.26. The van der Waals surface area contributed by atoms with Gasteiger partial charge < -0.3 is 4.74 Å². The lowest BCUT2D eigenvalue weighted by Crippen LogP contribution is -2.02. The summed E-state index contributed by atoms with van der Waals surface area (Å²) in [6.07, 6.45) is 5.87. The Kier molecular flexibility index (Phi) is 8.24. The van der Waals surface area contributed by atoms with Crippen LogP contribution in [-0.4, -0.2) is 17.8 Å². The monoisotopic (exact) mass is 218 g/mol. The van der Waals surface area contributed by atoms with Gasteiger partial charge >= 0.3 is 5.97 Å². The van der Waals surface area contributed by atoms with E-state index in [4.69, 9.17) is 16.3 Å². The number of halogens is 1. The SMILES string of the molecule is CCOC(=O)CCCC/C=C/C(=O)Cl. The minimum Gasteiger partial charge on any atom is -0.466 e. The molecule has 0 atom stereocenters. The second-order valence-corrected chi connectivity index (χ2v) is 3.13. The summed E-state index contributed by atoms with van der Waals surface area (Å²) in [6.45, 7) is 2.21. The fourth-order valence-electron chi connectivity index (χ4n) is 0.941. The normalized spacial score (nSPS) is 10.4. The quantitative estimate of drug-likeness (QED) is 0.285. The first-order valence-corrected chi connectivity index (χ1v) is 5.06. The van der Waals surface area contributed by atoms with Gasteiger partial charge in [0.15, 0.2) is 0 Å². The van der Waals surface area contributed by atoms with Crippen molar-refractivity contribution in [3.05, 3.63) is 12.2 Å². The van der Waals surface area contributed by atoms with Crippen molar-refractivity contribution in [3.8, 4) is 0 Å². The number of carbonyl (C=O) groups excluding carboxylic acids is 2. The molecule has 0 saturated heterocycles. The predicted molar refractivity (Wildman–Crippen MR) is 55.1 cm³/mol. The van der Waals surface area contributed by atoms with Gasteiger partial charge in [0.25, 0.3) is 0 Å². The number of ether oxygens (including phenoxy) is 1. The molecule has 0 aromatic rings. The zero-order chi connectivity index (χ0) is 10.8. The van der Waals surface area contributed by atoms with E-state index >= 15 is 0 Å². The van der Waals surface area contributed by atoms with E-state index in [1.165, 1.54) is 6.08 Å². The molecule has 0 spiro atoms. The average Bonchev–Trinajstić information content (AvgIpc) is 2.11. The lowest BCUT2D eigenvalue weighted by Gasteiger charge is -1.99. The Balaban J connectivity index is 3.29. The maximum atomic E-state index is 10.9. The number of carbonyl (C=O) groups is 2. The molecule has 0 unspecified atom stereocenters. The molecule has 0 radical (unpaired) electrons. The number of esters is 1. The van der Waals surface area contributed by atoms with Crippen molar-refractivity contribution in [2.75, 3.05) is 6.61 Å². The van der Waals surface area contributed by atoms with Crippen molar-refractivity contribution < 1.29 is 14.3 Å². The Hall–Kier alpha value is -0.830. The van der Waals surface area contributed by atoms with Crippen LogP contribution in [0.2, 0.25) is 0 Å². The second-order valence-electron chi connectivity index (χ2n) is 2.76. The van der Waals surface area contributed by atoms with Crippen molar-refractivity contribution in [3.63, 3.8) is 0 Å². The van der Waals surface area contributed by atoms with Gasteiger partial charge in [-0.2, -0.15) is 0 Å². The van der Waals surface area contributed by atoms with Gasteiger partial charge in [-0.05, 0) is 43.9 Å². The van der Waals surface area contributed by atoms with Crippen LogP contribution < -0.4 is 0 Å². The summed E-state index contributed by atoms with van der Waals surface area (Å²) >= 11 is 5.08. The van der Waals surface area contributed by atoms with Gasteiger partial charge in [0.1, 0.15) is 0 Å². The molecule has 0 amide bonds. The Morgan fingerprint density at radius 3 is 2.64 bits per heavy atom. The second kappa shape index (κ2) is 8.75. The van der Waals surface area contributed by atoms with Gasteiger partial charge in [-0.25, -0.2) is 0 Å². The van der Waals surface area contributed by atoms with Gasteiger partial charge in [-0.3, -0.25) is 9.59 Å². The van der Waals surface area contributed by atoms with Crippen molar-refractivity contribution in [1.82, 2.24) is 0 Å². The van der Waals surface area contributed by atoms with Gasteiger partial charge in [0.05, 0.1) is 6.61 Å². The van der Waals surface area contributed by atoms with Gasteiger partial charge in [0, 0.05) is 6.42 Å². The van der Waals surface area contributed by atoms with Crippen LogP contribution in [0.5, 0.6) is 0 Å². The molecular weight excluding hydrogens is 204 g/mol. The molecule has 0 aliphatic heterocycles. The van der Waals surface area contributed by atoms with E-state index < -0.39 is 5.24 Å². The smallest absolute Gasteiger partial charge is 0.305 e. The minimum absolute atomic E-state index is 0.162. The van der Waals surface area contributed by atoms with Crippen LogP contribution in [0.3, 0.4) is 0 Å². The van der Waals surface area contributed by atoms with Crippen LogP contribution in [0.15, 0.2) is 12.2 Å². The topological polar surface area (TPSA) is 43.4 Å². The highest BCUT2D eigenvalue weighted by molar-refractivity contribution is 6.66. The Morgan fingerprint density at radius 1 is 1.36 bits per heavy atom. The van der Waals surface area contributed by atoms with Crippen LogP contribution in [0.25, 0.3) is 0 Å². The molecule has 14 heavy (non-hydrogen) atoms. The summed E-state index contributed by atoms with van der Waals surface area (Å²) in [6, 6.07) is 0. The van der Waals surface area contributed by atoms with Crippen molar-refractivity contribution in [1.29, 1.82) is 0 Å². The molecule has 0 aromatic carbocycles. The molecule has 0 aliphatic rings. The van der Waals surface area contributed by atoms with Crippen LogP contribution >= 0.6 is 11.6 Å². The molecule has 4 heteroatoms.